The topological polar surface area (TPSA) is 268 Å². The fourth-order valence-corrected chi connectivity index (χ4v) is 10.4. The molecular weight excluding hydrogens is 680 g/mol. The van der Waals surface area contributed by atoms with E-state index in [1.54, 1.807) is 16.1 Å². The van der Waals surface area contributed by atoms with Crippen LogP contribution in [0.5, 0.6) is 0 Å². The van der Waals surface area contributed by atoms with Crippen LogP contribution in [0.2, 0.25) is 0 Å². The Morgan fingerprint density at radius 3 is 2.68 bits per heavy atom. The molecule has 4 fully saturated rings. The van der Waals surface area contributed by atoms with Crippen LogP contribution >= 0.6 is 14.5 Å². The first-order valence-electron chi connectivity index (χ1n) is 14.8. The molecule has 8 rings (SSSR count). The second kappa shape index (κ2) is 10.9. The highest BCUT2D eigenvalue weighted by Gasteiger charge is 2.74. The Kier molecular flexibility index (Phi) is 7.30. The number of hydrogen-bond donors (Lipinski definition) is 6. The van der Waals surface area contributed by atoms with E-state index < -0.39 is 81.0 Å². The van der Waals surface area contributed by atoms with Gasteiger partial charge in [-0.1, -0.05) is 0 Å². The van der Waals surface area contributed by atoms with Crippen molar-refractivity contribution in [1.29, 1.82) is 0 Å². The zero-order valence-electron chi connectivity index (χ0n) is 24.6. The molecular formula is C25H31N9O10P2S. The zero-order chi connectivity index (χ0) is 33.0. The number of aromatic nitrogens is 8. The van der Waals surface area contributed by atoms with E-state index in [-0.39, 0.29) is 35.9 Å². The highest BCUT2D eigenvalue weighted by Crippen LogP contribution is 2.68. The molecule has 4 aliphatic rings. The highest BCUT2D eigenvalue weighted by molar-refractivity contribution is 8.07. The lowest BCUT2D eigenvalue weighted by molar-refractivity contribution is -0.0235. The number of aliphatic hydroxyl groups excluding tert-OH is 2. The second-order valence-corrected chi connectivity index (χ2v) is 16.7. The van der Waals surface area contributed by atoms with E-state index in [1.807, 2.05) is 0 Å². The first kappa shape index (κ1) is 31.5. The van der Waals surface area contributed by atoms with E-state index in [0.717, 1.165) is 0 Å². The first-order valence-corrected chi connectivity index (χ1v) is 18.9. The van der Waals surface area contributed by atoms with Gasteiger partial charge in [0.15, 0.2) is 22.6 Å². The molecule has 7 N–H and O–H groups in total. The maximum atomic E-state index is 13.6. The number of hydrogen-bond acceptors (Lipinski definition) is 15. The van der Waals surface area contributed by atoms with Crippen LogP contribution in [0.25, 0.3) is 22.3 Å². The van der Waals surface area contributed by atoms with Gasteiger partial charge in [-0.15, -0.1) is 0 Å². The number of nitrogens with two attached hydrogens (primary N) is 1. The van der Waals surface area contributed by atoms with Crippen LogP contribution in [0, 0.1) is 30.6 Å². The Labute approximate surface area is 270 Å². The number of phosphoric acid groups is 1. The predicted molar refractivity (Wildman–Crippen MR) is 164 cm³/mol. The third-order valence-electron chi connectivity index (χ3n) is 10.1. The summed E-state index contributed by atoms with van der Waals surface area (Å²) in [6.07, 6.45) is 1.18. The van der Waals surface area contributed by atoms with Crippen molar-refractivity contribution in [3.05, 3.63) is 35.2 Å². The van der Waals surface area contributed by atoms with E-state index in [9.17, 15) is 29.4 Å². The smallest absolute Gasteiger partial charge is 0.396 e. The van der Waals surface area contributed by atoms with Gasteiger partial charge in [0.05, 0.1) is 43.6 Å². The summed E-state index contributed by atoms with van der Waals surface area (Å²) in [7, 11) is -4.85. The van der Waals surface area contributed by atoms with Crippen molar-refractivity contribution in [1.82, 2.24) is 39.0 Å². The minimum absolute atomic E-state index is 0.0604. The van der Waals surface area contributed by atoms with Gasteiger partial charge in [0.25, 0.3) is 5.56 Å². The third kappa shape index (κ3) is 4.93. The van der Waals surface area contributed by atoms with Crippen molar-refractivity contribution < 1.29 is 42.7 Å². The van der Waals surface area contributed by atoms with Gasteiger partial charge in [0.1, 0.15) is 29.9 Å². The van der Waals surface area contributed by atoms with E-state index in [0.29, 0.717) is 23.4 Å². The van der Waals surface area contributed by atoms with Gasteiger partial charge >= 0.3 is 14.5 Å². The monoisotopic (exact) mass is 711 g/mol. The zero-order valence-corrected chi connectivity index (χ0v) is 27.2. The standard InChI is InChI=1S/C25H31N9O10P2S/c1-10-31-23-17(24(37)32-10)29-8-33(23)15-2-11-5-42-46(40,47)44-19-13(6-41-45(38,39)43-18(15)12(11)4-35)14-3-25(14,20(19)36)34-9-30-16-21(26)27-7-28-22(16)34/h7-9,11-15,18-20,35-36H,2-6H2,1H3,(H,38,39)(H,40,47)(H2,26,27,28)(H,31,32,37)/t11-,12-,13+,14+,15-,18-,19-,20-,25+,46?/m1/s1. The largest absolute Gasteiger partial charge is 0.472 e. The number of phosphoric ester groups is 1. The van der Waals surface area contributed by atoms with Crippen molar-refractivity contribution in [3.63, 3.8) is 0 Å². The predicted octanol–water partition coefficient (Wildman–Crippen LogP) is -0.140. The van der Waals surface area contributed by atoms with Crippen LogP contribution in [0.3, 0.4) is 0 Å². The summed E-state index contributed by atoms with van der Waals surface area (Å²) in [5.41, 5.74) is 5.51. The maximum absolute atomic E-state index is 13.6. The Hall–Kier alpha value is -2.74. The third-order valence-corrected chi connectivity index (χ3v) is 12.6. The van der Waals surface area contributed by atoms with Crippen molar-refractivity contribution in [2.75, 3.05) is 25.6 Å². The molecule has 11 atom stereocenters. The summed E-state index contributed by atoms with van der Waals surface area (Å²) < 4.78 is 40.1. The summed E-state index contributed by atoms with van der Waals surface area (Å²) in [6, 6.07) is -0.745. The van der Waals surface area contributed by atoms with Crippen molar-refractivity contribution in [3.8, 4) is 0 Å². The molecule has 5 heterocycles. The normalized spacial score (nSPS) is 40.4. The molecule has 0 radical (unpaired) electrons. The number of fused-ring (bicyclic) bond motifs is 7. The Bertz CT molecular complexity index is 2060. The Balaban J connectivity index is 1.15. The molecule has 3 saturated carbocycles. The summed E-state index contributed by atoms with van der Waals surface area (Å²) in [6.45, 7) is -3.55. The van der Waals surface area contributed by atoms with Crippen molar-refractivity contribution >= 4 is 54.5 Å². The molecule has 252 valence electrons. The average Bonchev–Trinajstić information content (AvgIpc) is 3.30. The van der Waals surface area contributed by atoms with Gasteiger partial charge in [0.2, 0.25) is 0 Å². The number of imidazole rings is 2. The molecule has 2 unspecified atom stereocenters. The average molecular weight is 712 g/mol. The molecule has 0 amide bonds. The van der Waals surface area contributed by atoms with Gasteiger partial charge in [-0.05, 0) is 43.4 Å². The number of nitrogens with one attached hydrogen (secondary N) is 1. The molecule has 22 heteroatoms. The van der Waals surface area contributed by atoms with Crippen LogP contribution in [-0.2, 0) is 40.0 Å². The second-order valence-electron chi connectivity index (χ2n) is 12.5. The number of H-pyrrole nitrogens is 1. The summed E-state index contributed by atoms with van der Waals surface area (Å²) >= 11 is 5.41. The minimum Gasteiger partial charge on any atom is -0.396 e. The lowest BCUT2D eigenvalue weighted by atomic mass is 9.97. The molecule has 4 aromatic rings. The highest BCUT2D eigenvalue weighted by atomic mass is 32.5. The maximum Gasteiger partial charge on any atom is 0.472 e. The fourth-order valence-electron chi connectivity index (χ4n) is 7.88. The number of aliphatic hydroxyl groups is 2. The quantitative estimate of drug-likeness (QED) is 0.151. The molecule has 4 aromatic heterocycles. The Morgan fingerprint density at radius 2 is 1.89 bits per heavy atom. The van der Waals surface area contributed by atoms with E-state index >= 15 is 0 Å². The molecule has 3 aliphatic carbocycles. The van der Waals surface area contributed by atoms with Crippen LogP contribution in [0.15, 0.2) is 23.8 Å². The van der Waals surface area contributed by atoms with E-state index in [2.05, 4.69) is 29.9 Å². The molecule has 47 heavy (non-hydrogen) atoms. The molecule has 0 aromatic carbocycles. The summed E-state index contributed by atoms with van der Waals surface area (Å²) in [5.74, 6) is -1.99. The van der Waals surface area contributed by atoms with Crippen molar-refractivity contribution in [2.45, 2.75) is 49.7 Å². The number of aryl methyl sites for hydroxylation is 1. The minimum atomic E-state index is -4.85. The van der Waals surface area contributed by atoms with Crippen LogP contribution in [0.4, 0.5) is 5.82 Å². The van der Waals surface area contributed by atoms with Gasteiger partial charge in [-0.3, -0.25) is 13.8 Å². The SMILES string of the molecule is Cc1nc2c(ncn2[C@@H]2C[C@@H]3COP(O)(=S)O[C@@H]4[C@@H](COP(=O)(O)O[C@@H]2[C@@H]3CO)[C@@H]2C[C@@]2(n2cnc3c(N)ncnc32)[C@@H]4O)c(=O)[nH]1. The van der Waals surface area contributed by atoms with Gasteiger partial charge in [0, 0.05) is 18.4 Å². The van der Waals surface area contributed by atoms with Gasteiger partial charge in [-0.25, -0.2) is 29.5 Å². The van der Waals surface area contributed by atoms with E-state index in [4.69, 9.17) is 35.6 Å². The Morgan fingerprint density at radius 1 is 1.11 bits per heavy atom. The van der Waals surface area contributed by atoms with Crippen LogP contribution < -0.4 is 11.3 Å². The fraction of sp³-hybridized carbons (Fsp3) is 0.600. The summed E-state index contributed by atoms with van der Waals surface area (Å²) in [4.78, 5) is 58.7. The van der Waals surface area contributed by atoms with Gasteiger partial charge < -0.3 is 48.9 Å². The number of rotatable bonds is 3. The molecule has 0 spiro atoms. The first-order chi connectivity index (χ1) is 22.3. The lowest BCUT2D eigenvalue weighted by Crippen LogP contribution is -2.40. The number of anilines is 1. The van der Waals surface area contributed by atoms with Crippen LogP contribution in [-0.4, -0.2) is 97.2 Å². The molecule has 1 aliphatic heterocycles. The summed E-state index contributed by atoms with van der Waals surface area (Å²) in [5, 5.41) is 22.2. The number of nitrogen functional groups attached to an aromatic ring is 1. The van der Waals surface area contributed by atoms with Gasteiger partial charge in [-0.2, -0.15) is 0 Å². The number of aromatic amines is 1. The number of nitrogens with zero attached hydrogens (tertiary/aromatic N) is 7. The molecule has 2 bridgehead atoms. The van der Waals surface area contributed by atoms with Crippen LogP contribution in [0.1, 0.15) is 24.7 Å². The van der Waals surface area contributed by atoms with E-state index in [1.165, 1.54) is 19.0 Å². The van der Waals surface area contributed by atoms with Crippen molar-refractivity contribution in [2.24, 2.45) is 23.7 Å². The molecule has 19 nitrogen and oxygen atoms in total. The lowest BCUT2D eigenvalue weighted by Gasteiger charge is -2.31. The molecule has 1 saturated heterocycles.